The molecule has 0 saturated carbocycles. The van der Waals surface area contributed by atoms with Crippen LogP contribution in [0, 0.1) is 12.3 Å². The predicted octanol–water partition coefficient (Wildman–Crippen LogP) is 5.06. The highest BCUT2D eigenvalue weighted by Crippen LogP contribution is 2.35. The lowest BCUT2D eigenvalue weighted by atomic mass is 9.97. The average molecular weight is 382 g/mol. The van der Waals surface area contributed by atoms with Gasteiger partial charge in [0, 0.05) is 35.0 Å². The Hall–Kier alpha value is -3.68. The molecule has 2 aromatic carbocycles. The zero-order valence-corrected chi connectivity index (χ0v) is 15.3. The van der Waals surface area contributed by atoms with Crippen LogP contribution in [-0.4, -0.2) is 15.0 Å². The molecule has 28 heavy (non-hydrogen) atoms. The van der Waals surface area contributed by atoms with Crippen molar-refractivity contribution in [1.82, 2.24) is 15.0 Å². The highest BCUT2D eigenvalue weighted by molar-refractivity contribution is 6.35. The Kier molecular flexibility index (Phi) is 3.82. The number of aromatic nitrogens is 3. The van der Waals surface area contributed by atoms with Gasteiger partial charge in [0.25, 0.3) is 0 Å². The number of hydrogen-bond acceptors (Lipinski definition) is 3. The van der Waals surface area contributed by atoms with Crippen molar-refractivity contribution in [3.63, 3.8) is 0 Å². The van der Waals surface area contributed by atoms with Gasteiger partial charge in [-0.3, -0.25) is 14.8 Å². The highest BCUT2D eigenvalue weighted by atomic mass is 35.5. The molecule has 3 heterocycles. The van der Waals surface area contributed by atoms with E-state index in [1.165, 1.54) is 0 Å². The van der Waals surface area contributed by atoms with Gasteiger partial charge in [-0.05, 0) is 29.8 Å². The van der Waals surface area contributed by atoms with E-state index in [0.29, 0.717) is 16.1 Å². The molecule has 0 atom stereocenters. The van der Waals surface area contributed by atoms with Crippen LogP contribution in [0.15, 0.2) is 71.7 Å². The molecule has 0 saturated heterocycles. The summed E-state index contributed by atoms with van der Waals surface area (Å²) in [7, 11) is 0. The van der Waals surface area contributed by atoms with Gasteiger partial charge in [0.1, 0.15) is 5.65 Å². The number of hydrogen-bond donors (Lipinski definition) is 1. The highest BCUT2D eigenvalue weighted by Gasteiger charge is 2.15. The van der Waals surface area contributed by atoms with Gasteiger partial charge < -0.3 is 0 Å². The lowest BCUT2D eigenvalue weighted by Gasteiger charge is -2.12. The van der Waals surface area contributed by atoms with Crippen LogP contribution in [0.4, 0.5) is 0 Å². The van der Waals surface area contributed by atoms with E-state index < -0.39 is 0 Å². The first kappa shape index (κ1) is 16.5. The van der Waals surface area contributed by atoms with Gasteiger partial charge >= 0.3 is 0 Å². The molecule has 0 radical (unpaired) electrons. The summed E-state index contributed by atoms with van der Waals surface area (Å²) in [5.74, 6) is 0. The second kappa shape index (κ2) is 6.49. The molecule has 0 bridgehead atoms. The lowest BCUT2D eigenvalue weighted by Crippen LogP contribution is -2.02. The smallest absolute Gasteiger partial charge is 0.241 e. The minimum absolute atomic E-state index is 0.254. The van der Waals surface area contributed by atoms with Crippen molar-refractivity contribution < 1.29 is 0 Å². The van der Waals surface area contributed by atoms with Crippen molar-refractivity contribution >= 4 is 33.5 Å². The summed E-state index contributed by atoms with van der Waals surface area (Å²) < 4.78 is 0. The molecule has 3 aromatic heterocycles. The Morgan fingerprint density at radius 1 is 0.964 bits per heavy atom. The molecule has 5 aromatic rings. The quantitative estimate of drug-likeness (QED) is 0.465. The standard InChI is InChI=1S/C23H12ClN3O/c24-19-12-16(11-15-7-4-9-25-22(15)19)17-13-18-20(28)8-10-26-23(18)27-21(17)14-5-2-1-3-6-14/h1-7,9,11-13H,(H,26,27). The number of pyridine rings is 2. The zero-order valence-electron chi connectivity index (χ0n) is 14.5. The fraction of sp³-hybridized carbons (Fsp3) is 0. The monoisotopic (exact) mass is 381 g/mol. The third-order valence-electron chi connectivity index (χ3n) is 4.64. The Balaban J connectivity index is 1.88. The first-order chi connectivity index (χ1) is 13.7. The number of nitrogens with zero attached hydrogens (tertiary/aromatic N) is 2. The molecule has 5 rings (SSSR count). The van der Waals surface area contributed by atoms with Gasteiger partial charge in [-0.2, -0.15) is 0 Å². The normalized spacial score (nSPS) is 10.9. The van der Waals surface area contributed by atoms with Crippen LogP contribution in [0.25, 0.3) is 44.3 Å². The van der Waals surface area contributed by atoms with E-state index in [4.69, 9.17) is 16.6 Å². The van der Waals surface area contributed by atoms with Crippen LogP contribution in [0.3, 0.4) is 0 Å². The maximum absolute atomic E-state index is 12.3. The second-order valence-corrected chi connectivity index (χ2v) is 6.79. The number of benzene rings is 2. The number of rotatable bonds is 2. The van der Waals surface area contributed by atoms with E-state index in [1.54, 1.807) is 6.20 Å². The van der Waals surface area contributed by atoms with Crippen molar-refractivity contribution in [1.29, 1.82) is 0 Å². The van der Waals surface area contributed by atoms with Gasteiger partial charge in [0.2, 0.25) is 5.43 Å². The second-order valence-electron chi connectivity index (χ2n) is 6.38. The number of nitrogens with one attached hydrogen (secondary N) is 1. The van der Waals surface area contributed by atoms with Crippen LogP contribution in [0.1, 0.15) is 0 Å². The maximum Gasteiger partial charge on any atom is 0.241 e. The number of H-pyrrole nitrogens is 1. The fourth-order valence-electron chi connectivity index (χ4n) is 3.34. The SMILES string of the molecule is O=c1c#c[nH]c2nc(-c3ccccc3)c(-c3cc(Cl)c4ncccc4c3)cc12. The Bertz CT molecular complexity index is 1390. The minimum atomic E-state index is -0.254. The zero-order chi connectivity index (χ0) is 19.1. The van der Waals surface area contributed by atoms with E-state index in [0.717, 1.165) is 33.3 Å². The molecule has 0 aliphatic heterocycles. The average Bonchev–Trinajstić information content (AvgIpc) is 2.74. The van der Waals surface area contributed by atoms with Crippen LogP contribution in [-0.2, 0) is 0 Å². The molecule has 0 aliphatic carbocycles. The first-order valence-corrected chi connectivity index (χ1v) is 9.05. The lowest BCUT2D eigenvalue weighted by molar-refractivity contribution is 1.29. The minimum Gasteiger partial charge on any atom is -0.298 e. The molecule has 0 fully saturated rings. The third kappa shape index (κ3) is 2.70. The van der Waals surface area contributed by atoms with Crippen molar-refractivity contribution in [3.8, 4) is 22.4 Å². The van der Waals surface area contributed by atoms with Crippen LogP contribution >= 0.6 is 11.6 Å². The maximum atomic E-state index is 12.3. The number of aromatic amines is 1. The van der Waals surface area contributed by atoms with E-state index in [2.05, 4.69) is 22.2 Å². The number of halogens is 1. The molecule has 0 amide bonds. The van der Waals surface area contributed by atoms with E-state index in [-0.39, 0.29) is 5.43 Å². The van der Waals surface area contributed by atoms with E-state index in [1.807, 2.05) is 60.7 Å². The van der Waals surface area contributed by atoms with Gasteiger partial charge in [0.05, 0.1) is 21.6 Å². The first-order valence-electron chi connectivity index (χ1n) is 8.67. The molecule has 132 valence electrons. The van der Waals surface area contributed by atoms with Gasteiger partial charge in [-0.25, -0.2) is 4.98 Å². The van der Waals surface area contributed by atoms with Crippen LogP contribution < -0.4 is 5.43 Å². The molecule has 5 heteroatoms. The molecular formula is C23H12ClN3O. The number of fused-ring (bicyclic) bond motifs is 2. The summed E-state index contributed by atoms with van der Waals surface area (Å²) in [6.07, 6.45) is 4.34. The summed E-state index contributed by atoms with van der Waals surface area (Å²) in [5.41, 5.74) is 4.33. The summed E-state index contributed by atoms with van der Waals surface area (Å²) in [6, 6.07) is 21.9. The van der Waals surface area contributed by atoms with Gasteiger partial charge in [-0.15, -0.1) is 0 Å². The van der Waals surface area contributed by atoms with Crippen molar-refractivity contribution in [3.05, 3.63) is 94.4 Å². The fourth-order valence-corrected chi connectivity index (χ4v) is 3.61. The summed E-state index contributed by atoms with van der Waals surface area (Å²) in [6.45, 7) is 0. The predicted molar refractivity (Wildman–Crippen MR) is 111 cm³/mol. The van der Waals surface area contributed by atoms with Gasteiger partial charge in [-0.1, -0.05) is 48.0 Å². The Morgan fingerprint density at radius 2 is 1.82 bits per heavy atom. The molecule has 0 aliphatic rings. The molecule has 0 spiro atoms. The summed E-state index contributed by atoms with van der Waals surface area (Å²) in [5, 5.41) is 1.93. The summed E-state index contributed by atoms with van der Waals surface area (Å²) >= 11 is 6.50. The third-order valence-corrected chi connectivity index (χ3v) is 4.93. The topological polar surface area (TPSA) is 58.6 Å². The molecule has 1 N–H and O–H groups in total. The van der Waals surface area contributed by atoms with Crippen molar-refractivity contribution in [2.24, 2.45) is 0 Å². The molecule has 4 nitrogen and oxygen atoms in total. The van der Waals surface area contributed by atoms with Crippen LogP contribution in [0.2, 0.25) is 5.02 Å². The van der Waals surface area contributed by atoms with Crippen molar-refractivity contribution in [2.75, 3.05) is 0 Å². The Labute approximate surface area is 165 Å². The molecular weight excluding hydrogens is 370 g/mol. The van der Waals surface area contributed by atoms with Gasteiger partial charge in [0.15, 0.2) is 0 Å². The Morgan fingerprint density at radius 3 is 2.68 bits per heavy atom. The summed E-state index contributed by atoms with van der Waals surface area (Å²) in [4.78, 5) is 24.3. The molecule has 0 unspecified atom stereocenters. The van der Waals surface area contributed by atoms with E-state index in [9.17, 15) is 4.79 Å². The van der Waals surface area contributed by atoms with Crippen molar-refractivity contribution in [2.45, 2.75) is 0 Å². The van der Waals surface area contributed by atoms with E-state index >= 15 is 0 Å². The van der Waals surface area contributed by atoms with Crippen LogP contribution in [0.5, 0.6) is 0 Å². The largest absolute Gasteiger partial charge is 0.298 e.